The van der Waals surface area contributed by atoms with E-state index in [4.69, 9.17) is 0 Å². The van der Waals surface area contributed by atoms with Crippen LogP contribution in [-0.4, -0.2) is 15.8 Å². The highest BCUT2D eigenvalue weighted by Gasteiger charge is 2.32. The molecule has 0 spiro atoms. The van der Waals surface area contributed by atoms with E-state index in [2.05, 4.69) is 10.4 Å². The van der Waals surface area contributed by atoms with Crippen molar-refractivity contribution in [1.82, 2.24) is 15.1 Å². The first-order chi connectivity index (χ1) is 11.4. The monoisotopic (exact) mass is 335 g/mol. The predicted octanol–water partition coefficient (Wildman–Crippen LogP) is 3.11. The number of hydrogen-bond donors (Lipinski definition) is 2. The molecule has 0 atom stereocenters. The number of rotatable bonds is 2. The Morgan fingerprint density at radius 2 is 1.75 bits per heavy atom. The molecule has 0 saturated carbocycles. The summed E-state index contributed by atoms with van der Waals surface area (Å²) in [5.74, 6) is 0. The van der Waals surface area contributed by atoms with E-state index < -0.39 is 23.3 Å². The molecule has 0 aliphatic heterocycles. The Kier molecular flexibility index (Phi) is 3.88. The molecule has 0 saturated heterocycles. The van der Waals surface area contributed by atoms with E-state index in [0.29, 0.717) is 10.9 Å². The third-order valence-corrected chi connectivity index (χ3v) is 3.55. The summed E-state index contributed by atoms with van der Waals surface area (Å²) in [5.41, 5.74) is -1.00. The predicted molar refractivity (Wildman–Crippen MR) is 81.6 cm³/mol. The molecule has 1 amide bonds. The fraction of sp³-hybridized carbons (Fsp3) is 0.125. The summed E-state index contributed by atoms with van der Waals surface area (Å²) >= 11 is 0. The lowest BCUT2D eigenvalue weighted by atomic mass is 10.1. The molecule has 0 aliphatic rings. The summed E-state index contributed by atoms with van der Waals surface area (Å²) in [6.07, 6.45) is -4.51. The van der Waals surface area contributed by atoms with E-state index in [9.17, 15) is 22.8 Å². The number of nitrogens with zero attached hydrogens (tertiary/aromatic N) is 1. The molecule has 124 valence electrons. The number of halogens is 3. The molecule has 0 unspecified atom stereocenters. The van der Waals surface area contributed by atoms with Gasteiger partial charge in [0.15, 0.2) is 0 Å². The first-order valence-electron chi connectivity index (χ1n) is 7.01. The van der Waals surface area contributed by atoms with Crippen LogP contribution in [-0.2, 0) is 12.7 Å². The minimum Gasteiger partial charge on any atom is -0.332 e. The molecule has 8 heteroatoms. The second-order valence-electron chi connectivity index (χ2n) is 5.11. The highest BCUT2D eigenvalue weighted by atomic mass is 19.4. The quantitative estimate of drug-likeness (QED) is 0.756. The second kappa shape index (κ2) is 5.88. The first-order valence-corrected chi connectivity index (χ1v) is 7.01. The molecule has 24 heavy (non-hydrogen) atoms. The third-order valence-electron chi connectivity index (χ3n) is 3.55. The molecule has 3 rings (SSSR count). The fourth-order valence-corrected chi connectivity index (χ4v) is 2.40. The fourth-order valence-electron chi connectivity index (χ4n) is 2.40. The second-order valence-corrected chi connectivity index (χ2v) is 5.11. The van der Waals surface area contributed by atoms with Crippen LogP contribution in [0.15, 0.2) is 53.3 Å². The highest BCUT2D eigenvalue weighted by Crippen LogP contribution is 2.31. The van der Waals surface area contributed by atoms with Crippen molar-refractivity contribution in [3.63, 3.8) is 0 Å². The van der Waals surface area contributed by atoms with Crippen molar-refractivity contribution in [2.24, 2.45) is 0 Å². The van der Waals surface area contributed by atoms with E-state index in [1.54, 1.807) is 24.3 Å². The van der Waals surface area contributed by atoms with Crippen LogP contribution in [0.5, 0.6) is 0 Å². The van der Waals surface area contributed by atoms with E-state index in [1.807, 2.05) is 0 Å². The Hall–Kier alpha value is -3.03. The van der Waals surface area contributed by atoms with Gasteiger partial charge in [-0.3, -0.25) is 9.89 Å². The number of amides is 1. The van der Waals surface area contributed by atoms with Crippen molar-refractivity contribution in [3.05, 3.63) is 70.0 Å². The van der Waals surface area contributed by atoms with E-state index in [-0.39, 0.29) is 12.1 Å². The molecule has 2 aromatic carbocycles. The summed E-state index contributed by atoms with van der Waals surface area (Å²) in [4.78, 5) is 24.2. The Morgan fingerprint density at radius 3 is 2.46 bits per heavy atom. The Labute approximate surface area is 133 Å². The van der Waals surface area contributed by atoms with Gasteiger partial charge in [-0.25, -0.2) is 4.79 Å². The maximum atomic E-state index is 12.9. The van der Waals surface area contributed by atoms with Crippen molar-refractivity contribution in [2.75, 3.05) is 0 Å². The molecule has 0 fully saturated rings. The largest absolute Gasteiger partial charge is 0.416 e. The zero-order chi connectivity index (χ0) is 17.3. The maximum absolute atomic E-state index is 12.9. The number of carbonyl (C=O) groups excluding carboxylic acids is 1. The zero-order valence-corrected chi connectivity index (χ0v) is 12.2. The molecule has 0 radical (unpaired) electrons. The van der Waals surface area contributed by atoms with Crippen LogP contribution < -0.4 is 10.9 Å². The number of para-hydroxylation sites is 1. The summed E-state index contributed by atoms with van der Waals surface area (Å²) in [6.45, 7) is -0.351. The zero-order valence-electron chi connectivity index (χ0n) is 12.2. The molecule has 5 nitrogen and oxygen atoms in total. The standard InChI is InChI=1S/C16H12F3N3O2/c17-16(18,19)12-7-3-1-5-10(12)9-20-15(24)22-14(23)11-6-2-4-8-13(11)21-22/h1-8,21H,9H2,(H,20,24). The molecule has 2 N–H and O–H groups in total. The van der Waals surface area contributed by atoms with Crippen molar-refractivity contribution < 1.29 is 18.0 Å². The number of carbonyl (C=O) groups is 1. The van der Waals surface area contributed by atoms with Crippen molar-refractivity contribution in [3.8, 4) is 0 Å². The SMILES string of the molecule is O=C(NCc1ccccc1C(F)(F)F)n1[nH]c2ccccc2c1=O. The van der Waals surface area contributed by atoms with Gasteiger partial charge >= 0.3 is 12.2 Å². The van der Waals surface area contributed by atoms with Gasteiger partial charge < -0.3 is 5.32 Å². The molecule has 1 heterocycles. The maximum Gasteiger partial charge on any atom is 0.416 e. The molecular weight excluding hydrogens is 323 g/mol. The third kappa shape index (κ3) is 2.90. The summed E-state index contributed by atoms with van der Waals surface area (Å²) in [5, 5.41) is 5.26. The Bertz CT molecular complexity index is 957. The number of fused-ring (bicyclic) bond motifs is 1. The number of nitrogens with one attached hydrogen (secondary N) is 2. The van der Waals surface area contributed by atoms with Crippen molar-refractivity contribution in [1.29, 1.82) is 0 Å². The van der Waals surface area contributed by atoms with Gasteiger partial charge in [-0.05, 0) is 23.8 Å². The minimum absolute atomic E-state index is 0.0810. The van der Waals surface area contributed by atoms with Gasteiger partial charge in [-0.1, -0.05) is 30.3 Å². The average Bonchev–Trinajstić information content (AvgIpc) is 2.89. The van der Waals surface area contributed by atoms with Crippen molar-refractivity contribution >= 4 is 16.9 Å². The van der Waals surface area contributed by atoms with E-state index in [1.165, 1.54) is 18.2 Å². The Balaban J connectivity index is 1.84. The topological polar surface area (TPSA) is 66.9 Å². The van der Waals surface area contributed by atoms with Crippen LogP contribution >= 0.6 is 0 Å². The lowest BCUT2D eigenvalue weighted by molar-refractivity contribution is -0.138. The van der Waals surface area contributed by atoms with Gasteiger partial charge in [0.05, 0.1) is 16.5 Å². The molecule has 0 bridgehead atoms. The molecular formula is C16H12F3N3O2. The first kappa shape index (κ1) is 15.9. The van der Waals surface area contributed by atoms with Crippen LogP contribution in [0.2, 0.25) is 0 Å². The number of alkyl halides is 3. The van der Waals surface area contributed by atoms with Gasteiger partial charge in [0.25, 0.3) is 5.56 Å². The van der Waals surface area contributed by atoms with Gasteiger partial charge in [0.1, 0.15) is 0 Å². The smallest absolute Gasteiger partial charge is 0.332 e. The molecule has 1 aromatic heterocycles. The number of aromatic nitrogens is 2. The van der Waals surface area contributed by atoms with E-state index in [0.717, 1.165) is 10.7 Å². The number of benzene rings is 2. The van der Waals surface area contributed by atoms with Crippen LogP contribution in [0.3, 0.4) is 0 Å². The highest BCUT2D eigenvalue weighted by molar-refractivity contribution is 5.84. The summed E-state index contributed by atoms with van der Waals surface area (Å²) in [6, 6.07) is 10.6. The molecule has 3 aromatic rings. The lowest BCUT2D eigenvalue weighted by Gasteiger charge is -2.13. The van der Waals surface area contributed by atoms with Crippen LogP contribution in [0.25, 0.3) is 10.9 Å². The summed E-state index contributed by atoms with van der Waals surface area (Å²) in [7, 11) is 0. The number of hydrogen-bond acceptors (Lipinski definition) is 2. The Morgan fingerprint density at radius 1 is 1.08 bits per heavy atom. The lowest BCUT2D eigenvalue weighted by Crippen LogP contribution is -2.35. The molecule has 0 aliphatic carbocycles. The van der Waals surface area contributed by atoms with Crippen LogP contribution in [0, 0.1) is 0 Å². The van der Waals surface area contributed by atoms with Crippen LogP contribution in [0.1, 0.15) is 11.1 Å². The van der Waals surface area contributed by atoms with Gasteiger partial charge in [0, 0.05) is 6.54 Å². The minimum atomic E-state index is -4.51. The van der Waals surface area contributed by atoms with E-state index >= 15 is 0 Å². The number of aromatic amines is 1. The van der Waals surface area contributed by atoms with Crippen LogP contribution in [0.4, 0.5) is 18.0 Å². The van der Waals surface area contributed by atoms with Gasteiger partial charge in [-0.15, -0.1) is 0 Å². The van der Waals surface area contributed by atoms with Crippen molar-refractivity contribution in [2.45, 2.75) is 12.7 Å². The normalized spacial score (nSPS) is 11.6. The van der Waals surface area contributed by atoms with Gasteiger partial charge in [-0.2, -0.15) is 17.9 Å². The number of H-pyrrole nitrogens is 1. The summed E-state index contributed by atoms with van der Waals surface area (Å²) < 4.78 is 39.5. The van der Waals surface area contributed by atoms with Gasteiger partial charge in [0.2, 0.25) is 0 Å². The average molecular weight is 335 g/mol.